The number of nitrogen functional groups attached to an aromatic ring is 1. The van der Waals surface area contributed by atoms with E-state index in [0.29, 0.717) is 28.7 Å². The number of benzene rings is 1. The number of amides is 2. The molecule has 2 fully saturated rings. The van der Waals surface area contributed by atoms with Crippen molar-refractivity contribution >= 4 is 17.5 Å². The molecular weight excluding hydrogens is 240 g/mol. The van der Waals surface area contributed by atoms with Gasteiger partial charge in [-0.25, -0.2) is 0 Å². The van der Waals surface area contributed by atoms with Gasteiger partial charge in [0.15, 0.2) is 0 Å². The normalized spacial score (nSPS) is 32.2. The first kappa shape index (κ1) is 11.0. The predicted octanol–water partition coefficient (Wildman–Crippen LogP) is 2.05. The minimum Gasteiger partial charge on any atom is -0.399 e. The van der Waals surface area contributed by atoms with Crippen LogP contribution in [0.3, 0.4) is 0 Å². The average Bonchev–Trinajstić information content (AvgIpc) is 3.05. The third kappa shape index (κ3) is 1.40. The summed E-state index contributed by atoms with van der Waals surface area (Å²) < 4.78 is 0. The second-order valence-electron chi connectivity index (χ2n) is 6.03. The van der Waals surface area contributed by atoms with E-state index in [9.17, 15) is 9.59 Å². The van der Waals surface area contributed by atoms with Crippen molar-refractivity contribution in [1.82, 2.24) is 4.90 Å². The Morgan fingerprint density at radius 1 is 1.05 bits per heavy atom. The van der Waals surface area contributed by atoms with Gasteiger partial charge in [0.05, 0.1) is 11.1 Å². The van der Waals surface area contributed by atoms with Gasteiger partial charge in [-0.1, -0.05) is 6.42 Å². The van der Waals surface area contributed by atoms with Crippen molar-refractivity contribution < 1.29 is 9.59 Å². The van der Waals surface area contributed by atoms with Crippen molar-refractivity contribution in [3.63, 3.8) is 0 Å². The van der Waals surface area contributed by atoms with Crippen molar-refractivity contribution in [2.75, 3.05) is 5.73 Å². The Kier molecular flexibility index (Phi) is 2.08. The molecule has 4 heteroatoms. The highest BCUT2D eigenvalue weighted by Crippen LogP contribution is 2.48. The van der Waals surface area contributed by atoms with E-state index >= 15 is 0 Å². The summed E-state index contributed by atoms with van der Waals surface area (Å²) in [5.41, 5.74) is 7.25. The van der Waals surface area contributed by atoms with Gasteiger partial charge in [-0.15, -0.1) is 0 Å². The van der Waals surface area contributed by atoms with Crippen LogP contribution in [0.15, 0.2) is 18.2 Å². The second-order valence-corrected chi connectivity index (χ2v) is 6.03. The summed E-state index contributed by atoms with van der Waals surface area (Å²) in [6.07, 6.45) is 4.59. The van der Waals surface area contributed by atoms with Crippen molar-refractivity contribution in [3.8, 4) is 0 Å². The van der Waals surface area contributed by atoms with Crippen LogP contribution in [0.1, 0.15) is 46.4 Å². The van der Waals surface area contributed by atoms with Crippen LogP contribution in [0.4, 0.5) is 5.69 Å². The summed E-state index contributed by atoms with van der Waals surface area (Å²) in [6.45, 7) is 0. The number of carbonyl (C=O) groups excluding carboxylic acids is 2. The van der Waals surface area contributed by atoms with Gasteiger partial charge in [-0.2, -0.15) is 0 Å². The summed E-state index contributed by atoms with van der Waals surface area (Å²) >= 11 is 0. The van der Waals surface area contributed by atoms with E-state index in [1.54, 1.807) is 18.2 Å². The Balaban J connectivity index is 1.73. The van der Waals surface area contributed by atoms with Gasteiger partial charge in [-0.05, 0) is 49.3 Å². The zero-order chi connectivity index (χ0) is 13.1. The van der Waals surface area contributed by atoms with Gasteiger partial charge in [0.2, 0.25) is 0 Å². The van der Waals surface area contributed by atoms with Gasteiger partial charge in [0.25, 0.3) is 11.8 Å². The molecule has 1 heterocycles. The number of hydrogen-bond donors (Lipinski definition) is 1. The van der Waals surface area contributed by atoms with Crippen LogP contribution >= 0.6 is 0 Å². The maximum absolute atomic E-state index is 12.5. The zero-order valence-electron chi connectivity index (χ0n) is 10.6. The fourth-order valence-corrected chi connectivity index (χ4v) is 4.11. The van der Waals surface area contributed by atoms with Crippen LogP contribution in [0, 0.1) is 11.8 Å². The summed E-state index contributed by atoms with van der Waals surface area (Å²) in [5, 5.41) is 0. The Morgan fingerprint density at radius 2 is 1.84 bits per heavy atom. The highest BCUT2D eigenvalue weighted by atomic mass is 16.2. The molecule has 3 unspecified atom stereocenters. The summed E-state index contributed by atoms with van der Waals surface area (Å²) in [7, 11) is 0. The fraction of sp³-hybridized carbons (Fsp3) is 0.467. The number of hydrogen-bond acceptors (Lipinski definition) is 3. The topological polar surface area (TPSA) is 63.4 Å². The lowest BCUT2D eigenvalue weighted by atomic mass is 9.94. The number of nitrogens with zero attached hydrogens (tertiary/aromatic N) is 1. The molecule has 2 saturated carbocycles. The first-order valence-electron chi connectivity index (χ1n) is 6.92. The lowest BCUT2D eigenvalue weighted by Gasteiger charge is -2.29. The number of nitrogens with two attached hydrogens (primary N) is 1. The molecule has 2 amide bonds. The predicted molar refractivity (Wildman–Crippen MR) is 70.6 cm³/mol. The number of carbonyl (C=O) groups is 2. The van der Waals surface area contributed by atoms with Crippen LogP contribution in [-0.2, 0) is 0 Å². The first-order valence-corrected chi connectivity index (χ1v) is 6.92. The SMILES string of the molecule is Nc1ccc2c(c1)C(=O)N(C1CC3CCC1C3)C2=O. The maximum Gasteiger partial charge on any atom is 0.261 e. The van der Waals surface area contributed by atoms with Crippen molar-refractivity contribution in [2.45, 2.75) is 31.7 Å². The zero-order valence-corrected chi connectivity index (χ0v) is 10.6. The monoisotopic (exact) mass is 256 g/mol. The van der Waals surface area contributed by atoms with Gasteiger partial charge in [-0.3, -0.25) is 14.5 Å². The molecule has 3 aliphatic rings. The maximum atomic E-state index is 12.5. The lowest BCUT2D eigenvalue weighted by molar-refractivity contribution is 0.0530. The molecule has 1 aromatic carbocycles. The number of imide groups is 1. The van der Waals surface area contributed by atoms with Crippen molar-refractivity contribution in [2.24, 2.45) is 11.8 Å². The fourth-order valence-electron chi connectivity index (χ4n) is 4.11. The van der Waals surface area contributed by atoms with E-state index in [0.717, 1.165) is 12.8 Å². The highest BCUT2D eigenvalue weighted by Gasteiger charge is 2.49. The third-order valence-electron chi connectivity index (χ3n) is 4.97. The van der Waals surface area contributed by atoms with E-state index in [2.05, 4.69) is 0 Å². The van der Waals surface area contributed by atoms with Crippen molar-refractivity contribution in [1.29, 1.82) is 0 Å². The van der Waals surface area contributed by atoms with E-state index in [4.69, 9.17) is 5.73 Å². The Morgan fingerprint density at radius 3 is 2.53 bits per heavy atom. The van der Waals surface area contributed by atoms with E-state index in [1.165, 1.54) is 17.7 Å². The Bertz CT molecular complexity index is 596. The molecule has 3 atom stereocenters. The van der Waals surface area contributed by atoms with Crippen LogP contribution in [-0.4, -0.2) is 22.8 Å². The molecule has 0 spiro atoms. The average molecular weight is 256 g/mol. The minimum atomic E-state index is -0.148. The molecule has 0 radical (unpaired) electrons. The summed E-state index contributed by atoms with van der Waals surface area (Å²) in [5.74, 6) is 0.955. The third-order valence-corrected chi connectivity index (χ3v) is 4.97. The lowest BCUT2D eigenvalue weighted by Crippen LogP contribution is -2.42. The molecule has 2 aliphatic carbocycles. The molecule has 2 N–H and O–H groups in total. The van der Waals surface area contributed by atoms with Crippen LogP contribution in [0.5, 0.6) is 0 Å². The summed E-state index contributed by atoms with van der Waals surface area (Å²) in [6, 6.07) is 5.11. The molecule has 98 valence electrons. The number of fused-ring (bicyclic) bond motifs is 3. The van der Waals surface area contributed by atoms with Gasteiger partial charge < -0.3 is 5.73 Å². The standard InChI is InChI=1S/C15H16N2O2/c16-10-3-4-11-12(7-10)15(19)17(14(11)18)13-6-8-1-2-9(13)5-8/h3-4,7-9,13H,1-2,5-6,16H2. The first-order chi connectivity index (χ1) is 9.15. The summed E-state index contributed by atoms with van der Waals surface area (Å²) in [4.78, 5) is 26.4. The highest BCUT2D eigenvalue weighted by molar-refractivity contribution is 6.22. The van der Waals surface area contributed by atoms with Crippen LogP contribution in [0.2, 0.25) is 0 Å². The number of rotatable bonds is 1. The molecule has 2 bridgehead atoms. The Hall–Kier alpha value is -1.84. The van der Waals surface area contributed by atoms with Crippen LogP contribution < -0.4 is 5.73 Å². The molecule has 1 aromatic rings. The molecule has 0 aromatic heterocycles. The van der Waals surface area contributed by atoms with Gasteiger partial charge >= 0.3 is 0 Å². The van der Waals surface area contributed by atoms with E-state index < -0.39 is 0 Å². The van der Waals surface area contributed by atoms with Gasteiger partial charge in [0.1, 0.15) is 0 Å². The molecule has 4 rings (SSSR count). The van der Waals surface area contributed by atoms with Crippen molar-refractivity contribution in [3.05, 3.63) is 29.3 Å². The van der Waals surface area contributed by atoms with E-state index in [-0.39, 0.29) is 17.9 Å². The quantitative estimate of drug-likeness (QED) is 0.618. The molecule has 19 heavy (non-hydrogen) atoms. The number of anilines is 1. The molecule has 0 saturated heterocycles. The smallest absolute Gasteiger partial charge is 0.261 e. The minimum absolute atomic E-state index is 0.118. The molecular formula is C15H16N2O2. The molecule has 1 aliphatic heterocycles. The van der Waals surface area contributed by atoms with Gasteiger partial charge in [0, 0.05) is 11.7 Å². The largest absolute Gasteiger partial charge is 0.399 e. The second kappa shape index (κ2) is 3.59. The van der Waals surface area contributed by atoms with E-state index in [1.807, 2.05) is 0 Å². The molecule has 4 nitrogen and oxygen atoms in total. The van der Waals surface area contributed by atoms with Crippen LogP contribution in [0.25, 0.3) is 0 Å². The Labute approximate surface area is 111 Å².